The maximum atomic E-state index is 12.5. The molecule has 0 bridgehead atoms. The average Bonchev–Trinajstić information content (AvgIpc) is 3.07. The monoisotopic (exact) mass is 315 g/mol. The third-order valence-electron chi connectivity index (χ3n) is 3.75. The van der Waals surface area contributed by atoms with E-state index in [0.717, 1.165) is 30.8 Å². The topological polar surface area (TPSA) is 30.7 Å². The lowest BCUT2D eigenvalue weighted by Gasteiger charge is -2.07. The van der Waals surface area contributed by atoms with Crippen molar-refractivity contribution in [3.63, 3.8) is 0 Å². The summed E-state index contributed by atoms with van der Waals surface area (Å²) in [6.07, 6.45) is 0.903. The second-order valence-corrected chi connectivity index (χ2v) is 5.58. The lowest BCUT2D eigenvalue weighted by atomic mass is 10.1. The number of aromatic nitrogens is 3. The van der Waals surface area contributed by atoms with Gasteiger partial charge in [-0.05, 0) is 31.0 Å². The van der Waals surface area contributed by atoms with Gasteiger partial charge in [-0.25, -0.2) is 9.67 Å². The van der Waals surface area contributed by atoms with Crippen molar-refractivity contribution in [3.8, 4) is 5.82 Å². The SMILES string of the molecule is FC(F)(F)c1ccc(-n2nc(C3CCCC3)cc2Cl)nc1. The summed E-state index contributed by atoms with van der Waals surface area (Å²) in [5, 5.41) is 4.76. The Bertz CT molecular complexity index is 628. The van der Waals surface area contributed by atoms with Gasteiger partial charge in [0.25, 0.3) is 0 Å². The molecule has 3 nitrogen and oxygen atoms in total. The van der Waals surface area contributed by atoms with E-state index in [2.05, 4.69) is 10.1 Å². The molecule has 21 heavy (non-hydrogen) atoms. The van der Waals surface area contributed by atoms with Crippen LogP contribution in [0.1, 0.15) is 42.9 Å². The van der Waals surface area contributed by atoms with Crippen LogP contribution in [0.3, 0.4) is 0 Å². The molecule has 112 valence electrons. The minimum absolute atomic E-state index is 0.289. The summed E-state index contributed by atoms with van der Waals surface area (Å²) in [5.41, 5.74) is 0.102. The maximum absolute atomic E-state index is 12.5. The molecule has 0 amide bonds. The molecular formula is C14H13ClF3N3. The molecule has 0 spiro atoms. The van der Waals surface area contributed by atoms with E-state index in [-0.39, 0.29) is 5.82 Å². The van der Waals surface area contributed by atoms with Crippen LogP contribution in [-0.2, 0) is 6.18 Å². The summed E-state index contributed by atoms with van der Waals surface area (Å²) < 4.78 is 38.9. The van der Waals surface area contributed by atoms with E-state index in [4.69, 9.17) is 11.6 Å². The van der Waals surface area contributed by atoms with Gasteiger partial charge in [0.05, 0.1) is 11.3 Å². The van der Waals surface area contributed by atoms with Crippen molar-refractivity contribution in [3.05, 3.63) is 40.8 Å². The first-order valence-corrected chi connectivity index (χ1v) is 7.12. The Morgan fingerprint density at radius 1 is 1.19 bits per heavy atom. The number of halogens is 4. The molecule has 1 aliphatic carbocycles. The molecule has 1 saturated carbocycles. The zero-order valence-corrected chi connectivity index (χ0v) is 11.8. The normalized spacial score (nSPS) is 16.6. The number of nitrogens with zero attached hydrogens (tertiary/aromatic N) is 3. The van der Waals surface area contributed by atoms with Gasteiger partial charge in [0.15, 0.2) is 5.82 Å². The molecular weight excluding hydrogens is 303 g/mol. The third-order valence-corrected chi connectivity index (χ3v) is 4.02. The van der Waals surface area contributed by atoms with Crippen molar-refractivity contribution in [1.82, 2.24) is 14.8 Å². The Morgan fingerprint density at radius 3 is 2.48 bits per heavy atom. The molecule has 0 saturated heterocycles. The predicted molar refractivity (Wildman–Crippen MR) is 72.6 cm³/mol. The molecule has 7 heteroatoms. The van der Waals surface area contributed by atoms with Gasteiger partial charge in [-0.15, -0.1) is 0 Å². The Labute approximate surface area is 124 Å². The van der Waals surface area contributed by atoms with Crippen LogP contribution in [0.5, 0.6) is 0 Å². The van der Waals surface area contributed by atoms with E-state index in [1.165, 1.54) is 23.6 Å². The van der Waals surface area contributed by atoms with Crippen LogP contribution >= 0.6 is 11.6 Å². The summed E-state index contributed by atoms with van der Waals surface area (Å²) in [5.74, 6) is 0.676. The molecule has 1 aliphatic rings. The van der Waals surface area contributed by atoms with Crippen molar-refractivity contribution in [2.24, 2.45) is 0 Å². The Kier molecular flexibility index (Phi) is 3.65. The summed E-state index contributed by atoms with van der Waals surface area (Å²) in [7, 11) is 0. The fourth-order valence-corrected chi connectivity index (χ4v) is 2.87. The van der Waals surface area contributed by atoms with Gasteiger partial charge < -0.3 is 0 Å². The zero-order chi connectivity index (χ0) is 15.0. The number of alkyl halides is 3. The highest BCUT2D eigenvalue weighted by atomic mass is 35.5. The van der Waals surface area contributed by atoms with Gasteiger partial charge in [-0.3, -0.25) is 0 Å². The molecule has 2 heterocycles. The van der Waals surface area contributed by atoms with Gasteiger partial charge in [-0.1, -0.05) is 24.4 Å². The van der Waals surface area contributed by atoms with Crippen molar-refractivity contribution < 1.29 is 13.2 Å². The van der Waals surface area contributed by atoms with E-state index in [1.807, 2.05) is 0 Å². The van der Waals surface area contributed by atoms with Gasteiger partial charge in [0.1, 0.15) is 5.15 Å². The largest absolute Gasteiger partial charge is 0.417 e. The molecule has 0 atom stereocenters. The first-order chi connectivity index (χ1) is 9.95. The molecule has 0 aliphatic heterocycles. The highest BCUT2D eigenvalue weighted by molar-refractivity contribution is 6.29. The number of hydrogen-bond acceptors (Lipinski definition) is 2. The molecule has 0 N–H and O–H groups in total. The maximum Gasteiger partial charge on any atom is 0.417 e. The standard InChI is InChI=1S/C14H13ClF3N3/c15-12-7-11(9-3-1-2-4-9)20-21(12)13-6-5-10(8-19-13)14(16,17)18/h5-9H,1-4H2. The van der Waals surface area contributed by atoms with Crippen LogP contribution in [0.4, 0.5) is 13.2 Å². The number of rotatable bonds is 2. The van der Waals surface area contributed by atoms with Crippen LogP contribution in [0.2, 0.25) is 5.15 Å². The van der Waals surface area contributed by atoms with Crippen LogP contribution < -0.4 is 0 Å². The quantitative estimate of drug-likeness (QED) is 0.811. The lowest BCUT2D eigenvalue weighted by Crippen LogP contribution is -2.07. The van der Waals surface area contributed by atoms with Crippen LogP contribution in [0.15, 0.2) is 24.4 Å². The number of pyridine rings is 1. The first-order valence-electron chi connectivity index (χ1n) is 6.74. The minimum Gasteiger partial charge on any atom is -0.236 e. The zero-order valence-electron chi connectivity index (χ0n) is 11.1. The summed E-state index contributed by atoms with van der Waals surface area (Å²) in [6.45, 7) is 0. The molecule has 2 aromatic heterocycles. The van der Waals surface area contributed by atoms with Gasteiger partial charge in [0.2, 0.25) is 0 Å². The average molecular weight is 316 g/mol. The first kappa shape index (κ1) is 14.4. The van der Waals surface area contributed by atoms with E-state index < -0.39 is 11.7 Å². The van der Waals surface area contributed by atoms with E-state index in [9.17, 15) is 13.2 Å². The van der Waals surface area contributed by atoms with Gasteiger partial charge in [-0.2, -0.15) is 18.3 Å². The molecule has 1 fully saturated rings. The van der Waals surface area contributed by atoms with E-state index in [1.54, 1.807) is 6.07 Å². The summed E-state index contributed by atoms with van der Waals surface area (Å²) >= 11 is 6.13. The molecule has 2 aromatic rings. The van der Waals surface area contributed by atoms with E-state index >= 15 is 0 Å². The third kappa shape index (κ3) is 2.90. The highest BCUT2D eigenvalue weighted by Gasteiger charge is 2.31. The van der Waals surface area contributed by atoms with Crippen molar-refractivity contribution in [2.45, 2.75) is 37.8 Å². The fraction of sp³-hybridized carbons (Fsp3) is 0.429. The summed E-state index contributed by atoms with van der Waals surface area (Å²) in [6, 6.07) is 4.03. The van der Waals surface area contributed by atoms with Crippen molar-refractivity contribution in [2.75, 3.05) is 0 Å². The Hall–Kier alpha value is -1.56. The summed E-state index contributed by atoms with van der Waals surface area (Å²) in [4.78, 5) is 3.81. The molecule has 0 unspecified atom stereocenters. The van der Waals surface area contributed by atoms with Crippen molar-refractivity contribution >= 4 is 11.6 Å². The Morgan fingerprint density at radius 2 is 1.90 bits per heavy atom. The second kappa shape index (κ2) is 5.33. The molecule has 0 radical (unpaired) electrons. The molecule has 3 rings (SSSR count). The van der Waals surface area contributed by atoms with Crippen molar-refractivity contribution in [1.29, 1.82) is 0 Å². The number of hydrogen-bond donors (Lipinski definition) is 0. The molecule has 0 aromatic carbocycles. The smallest absolute Gasteiger partial charge is 0.236 e. The second-order valence-electron chi connectivity index (χ2n) is 5.19. The van der Waals surface area contributed by atoms with Crippen LogP contribution in [0, 0.1) is 0 Å². The lowest BCUT2D eigenvalue weighted by molar-refractivity contribution is -0.137. The Balaban J connectivity index is 1.89. The van der Waals surface area contributed by atoms with Gasteiger partial charge in [0, 0.05) is 12.1 Å². The fourth-order valence-electron chi connectivity index (χ4n) is 2.64. The minimum atomic E-state index is -4.39. The van der Waals surface area contributed by atoms with Gasteiger partial charge >= 0.3 is 6.18 Å². The van der Waals surface area contributed by atoms with E-state index in [0.29, 0.717) is 11.1 Å². The predicted octanol–water partition coefficient (Wildman–Crippen LogP) is 4.60. The van der Waals surface area contributed by atoms with Crippen LogP contribution in [0.25, 0.3) is 5.82 Å². The van der Waals surface area contributed by atoms with Crippen LogP contribution in [-0.4, -0.2) is 14.8 Å². The highest BCUT2D eigenvalue weighted by Crippen LogP contribution is 2.35.